The topological polar surface area (TPSA) is 140 Å². The summed E-state index contributed by atoms with van der Waals surface area (Å²) in [5.74, 6) is 0.511. The third-order valence-corrected chi connectivity index (χ3v) is 7.75. The van der Waals surface area contributed by atoms with Crippen LogP contribution < -0.4 is 14.2 Å². The number of hydrogen-bond acceptors (Lipinski definition) is 10. The van der Waals surface area contributed by atoms with Crippen LogP contribution in [0.5, 0.6) is 17.8 Å². The number of hydrogen-bond donors (Lipinski definition) is 1. The van der Waals surface area contributed by atoms with Crippen molar-refractivity contribution in [3.05, 3.63) is 150 Å². The van der Waals surface area contributed by atoms with Gasteiger partial charge in [-0.3, -0.25) is 0 Å². The maximum absolute atomic E-state index is 10.2. The smallest absolute Gasteiger partial charge is 0.324 e. The van der Waals surface area contributed by atoms with Gasteiger partial charge in [-0.05, 0) is 22.3 Å². The van der Waals surface area contributed by atoms with E-state index < -0.39 is 23.4 Å². The summed E-state index contributed by atoms with van der Waals surface area (Å²) in [6, 6.07) is 43.0. The minimum atomic E-state index is -1.29. The number of ether oxygens (including phenoxy) is 5. The van der Waals surface area contributed by atoms with Crippen molar-refractivity contribution >= 4 is 0 Å². The Kier molecular flexibility index (Phi) is 12.2. The highest BCUT2D eigenvalue weighted by atomic mass is 16.6. The SMILES string of the molecule is COC(c1ccccc1)(c1ccccc1)C(O)C#N.COc1cc(OC)nc(OC(C#N)C(OC)(c2ccccc2)c2ccccc2)n1. The van der Waals surface area contributed by atoms with Gasteiger partial charge in [0.05, 0.1) is 26.4 Å². The molecule has 1 aromatic heterocycles. The van der Waals surface area contributed by atoms with Gasteiger partial charge in [0.15, 0.2) is 17.3 Å². The lowest BCUT2D eigenvalue weighted by atomic mass is 9.81. The lowest BCUT2D eigenvalue weighted by molar-refractivity contribution is -0.0551. The van der Waals surface area contributed by atoms with Gasteiger partial charge in [-0.15, -0.1) is 0 Å². The maximum Gasteiger partial charge on any atom is 0.324 e. The third kappa shape index (κ3) is 7.27. The van der Waals surface area contributed by atoms with Gasteiger partial charge in [0.1, 0.15) is 6.07 Å². The minimum Gasteiger partial charge on any atom is -0.481 e. The highest BCUT2D eigenvalue weighted by Gasteiger charge is 2.46. The predicted octanol–water partition coefficient (Wildman–Crippen LogP) is 5.82. The lowest BCUT2D eigenvalue weighted by Gasteiger charge is -2.36. The van der Waals surface area contributed by atoms with Crippen LogP contribution in [-0.2, 0) is 20.7 Å². The first-order valence-electron chi connectivity index (χ1n) is 14.9. The molecule has 0 radical (unpaired) electrons. The Bertz CT molecular complexity index is 1700. The Hall–Kier alpha value is -5.78. The fourth-order valence-electron chi connectivity index (χ4n) is 5.43. The molecule has 244 valence electrons. The van der Waals surface area contributed by atoms with Crippen LogP contribution in [0.4, 0.5) is 0 Å². The van der Waals surface area contributed by atoms with Crippen molar-refractivity contribution in [2.45, 2.75) is 23.4 Å². The van der Waals surface area contributed by atoms with E-state index in [9.17, 15) is 10.4 Å². The summed E-state index contributed by atoms with van der Waals surface area (Å²) in [5.41, 5.74) is 0.634. The van der Waals surface area contributed by atoms with E-state index in [4.69, 9.17) is 28.9 Å². The Labute approximate surface area is 280 Å². The molecule has 0 spiro atoms. The van der Waals surface area contributed by atoms with Crippen molar-refractivity contribution < 1.29 is 28.8 Å². The number of rotatable bonds is 12. The average Bonchev–Trinajstić information content (AvgIpc) is 3.17. The molecule has 5 aromatic rings. The number of nitriles is 2. The molecule has 0 saturated carbocycles. The van der Waals surface area contributed by atoms with Gasteiger partial charge >= 0.3 is 6.01 Å². The van der Waals surface area contributed by atoms with Crippen molar-refractivity contribution in [2.24, 2.45) is 0 Å². The number of benzene rings is 4. The van der Waals surface area contributed by atoms with Crippen LogP contribution in [0.15, 0.2) is 127 Å². The van der Waals surface area contributed by atoms with E-state index >= 15 is 0 Å². The minimum absolute atomic E-state index is 0.0546. The van der Waals surface area contributed by atoms with E-state index in [1.54, 1.807) is 7.11 Å². The molecule has 10 nitrogen and oxygen atoms in total. The van der Waals surface area contributed by atoms with E-state index in [-0.39, 0.29) is 17.8 Å². The van der Waals surface area contributed by atoms with Crippen molar-refractivity contribution in [2.75, 3.05) is 28.4 Å². The van der Waals surface area contributed by atoms with E-state index in [1.165, 1.54) is 27.4 Å². The maximum atomic E-state index is 10.2. The molecule has 0 fully saturated rings. The van der Waals surface area contributed by atoms with Crippen molar-refractivity contribution in [3.8, 4) is 29.9 Å². The summed E-state index contributed by atoms with van der Waals surface area (Å²) < 4.78 is 27.9. The number of methoxy groups -OCH3 is 4. The predicted molar refractivity (Wildman–Crippen MR) is 178 cm³/mol. The molecule has 0 saturated heterocycles. The van der Waals surface area contributed by atoms with E-state index in [2.05, 4.69) is 16.0 Å². The molecule has 0 amide bonds. The largest absolute Gasteiger partial charge is 0.481 e. The molecule has 0 aliphatic heterocycles. The lowest BCUT2D eigenvalue weighted by Crippen LogP contribution is -2.45. The fraction of sp³-hybridized carbons (Fsp3) is 0.211. The number of aromatic nitrogens is 2. The zero-order chi connectivity index (χ0) is 34.4. The number of aliphatic hydroxyl groups is 1. The van der Waals surface area contributed by atoms with Gasteiger partial charge < -0.3 is 28.8 Å². The Morgan fingerprint density at radius 2 is 0.917 bits per heavy atom. The second-order valence-corrected chi connectivity index (χ2v) is 10.2. The van der Waals surface area contributed by atoms with Crippen LogP contribution in [-0.4, -0.2) is 55.7 Å². The molecule has 2 unspecified atom stereocenters. The Balaban J connectivity index is 0.000000237. The molecule has 1 heterocycles. The highest BCUT2D eigenvalue weighted by Crippen LogP contribution is 2.39. The zero-order valence-corrected chi connectivity index (χ0v) is 27.1. The van der Waals surface area contributed by atoms with Gasteiger partial charge in [-0.2, -0.15) is 20.5 Å². The van der Waals surface area contributed by atoms with Gasteiger partial charge in [-0.25, -0.2) is 0 Å². The monoisotopic (exact) mass is 644 g/mol. The molecular formula is C38H36N4O6. The second kappa shape index (κ2) is 16.7. The molecular weight excluding hydrogens is 608 g/mol. The Morgan fingerprint density at radius 3 is 1.21 bits per heavy atom. The van der Waals surface area contributed by atoms with Crippen LogP contribution >= 0.6 is 0 Å². The standard InChI is InChI=1S/C22H21N3O4.C16H15NO2/c1-26-19-14-20(27-2)25-21(24-19)29-18(15-23)22(28-3,16-10-6-4-7-11-16)17-12-8-5-9-13-17;1-19-16(15(18)12-17,13-8-4-2-5-9-13)14-10-6-3-7-11-14/h4-14,18H,1-3H3;2-11,15,18H,1H3. The molecule has 1 N–H and O–H groups in total. The zero-order valence-electron chi connectivity index (χ0n) is 27.1. The second-order valence-electron chi connectivity index (χ2n) is 10.2. The molecule has 2 atom stereocenters. The van der Waals surface area contributed by atoms with Crippen molar-refractivity contribution in [3.63, 3.8) is 0 Å². The Morgan fingerprint density at radius 1 is 0.562 bits per heavy atom. The quantitative estimate of drug-likeness (QED) is 0.165. The van der Waals surface area contributed by atoms with Crippen molar-refractivity contribution in [1.82, 2.24) is 9.97 Å². The normalized spacial score (nSPS) is 12.2. The van der Waals surface area contributed by atoms with Gasteiger partial charge in [0.2, 0.25) is 17.9 Å². The van der Waals surface area contributed by atoms with Gasteiger partial charge in [0, 0.05) is 14.2 Å². The molecule has 0 aliphatic carbocycles. The fourth-order valence-corrected chi connectivity index (χ4v) is 5.43. The van der Waals surface area contributed by atoms with Crippen LogP contribution in [0, 0.1) is 22.7 Å². The molecule has 0 aliphatic rings. The summed E-state index contributed by atoms with van der Waals surface area (Å²) in [4.78, 5) is 8.36. The molecule has 5 rings (SSSR count). The first-order chi connectivity index (χ1) is 23.4. The summed E-state index contributed by atoms with van der Waals surface area (Å²) in [7, 11) is 5.99. The van der Waals surface area contributed by atoms with E-state index in [0.29, 0.717) is 0 Å². The van der Waals surface area contributed by atoms with E-state index in [1.807, 2.05) is 127 Å². The first kappa shape index (κ1) is 35.1. The summed E-state index contributed by atoms with van der Waals surface area (Å²) in [6.45, 7) is 0. The molecule has 4 aromatic carbocycles. The van der Waals surface area contributed by atoms with E-state index in [0.717, 1.165) is 22.3 Å². The molecule has 0 bridgehead atoms. The van der Waals surface area contributed by atoms with Gasteiger partial charge in [0.25, 0.3) is 0 Å². The van der Waals surface area contributed by atoms with Crippen LogP contribution in [0.1, 0.15) is 22.3 Å². The van der Waals surface area contributed by atoms with Gasteiger partial charge in [-0.1, -0.05) is 121 Å². The summed E-state index contributed by atoms with van der Waals surface area (Å²) in [6.07, 6.45) is -2.39. The highest BCUT2D eigenvalue weighted by molar-refractivity contribution is 5.42. The number of nitrogens with zero attached hydrogens (tertiary/aromatic N) is 4. The summed E-state index contributed by atoms with van der Waals surface area (Å²) in [5, 5.41) is 29.4. The molecule has 10 heteroatoms. The average molecular weight is 645 g/mol. The summed E-state index contributed by atoms with van der Waals surface area (Å²) >= 11 is 0. The van der Waals surface area contributed by atoms with Crippen LogP contribution in [0.2, 0.25) is 0 Å². The van der Waals surface area contributed by atoms with Crippen molar-refractivity contribution in [1.29, 1.82) is 10.5 Å². The number of aliphatic hydroxyl groups excluding tert-OH is 1. The van der Waals surface area contributed by atoms with Crippen LogP contribution in [0.25, 0.3) is 0 Å². The molecule has 48 heavy (non-hydrogen) atoms. The van der Waals surface area contributed by atoms with Crippen LogP contribution in [0.3, 0.4) is 0 Å². The first-order valence-corrected chi connectivity index (χ1v) is 14.9. The third-order valence-electron chi connectivity index (χ3n) is 7.75.